The molecule has 0 saturated heterocycles. The first-order chi connectivity index (χ1) is 8.33. The largest absolute Gasteiger partial charge is 0.252 e. The zero-order valence-electron chi connectivity index (χ0n) is 8.63. The maximum Gasteiger partial charge on any atom is 0.124 e. The van der Waals surface area contributed by atoms with Crippen molar-refractivity contribution in [1.29, 1.82) is 0 Å². The molecular weight excluding hydrogens is 316 g/mol. The molecule has 0 bridgehead atoms. The van der Waals surface area contributed by atoms with Crippen LogP contribution in [-0.4, -0.2) is 9.97 Å². The third kappa shape index (κ3) is 2.31. The zero-order chi connectivity index (χ0) is 11.7. The van der Waals surface area contributed by atoms with E-state index in [2.05, 4.69) is 43.4 Å². The van der Waals surface area contributed by atoms with Crippen LogP contribution in [0.3, 0.4) is 0 Å². The first-order valence-electron chi connectivity index (χ1n) is 4.93. The van der Waals surface area contributed by atoms with Gasteiger partial charge < -0.3 is 0 Å². The molecule has 0 aliphatic rings. The first-order valence-corrected chi connectivity index (χ1v) is 7.48. The van der Waals surface area contributed by atoms with Crippen molar-refractivity contribution in [2.75, 3.05) is 0 Å². The van der Waals surface area contributed by atoms with E-state index in [0.717, 1.165) is 25.6 Å². The van der Waals surface area contributed by atoms with Crippen LogP contribution in [-0.2, 0) is 0 Å². The third-order valence-corrected chi connectivity index (χ3v) is 4.50. The second-order valence-electron chi connectivity index (χ2n) is 3.41. The number of halogens is 1. The molecule has 2 heterocycles. The fraction of sp³-hybridized carbons (Fsp3) is 0. The highest BCUT2D eigenvalue weighted by atomic mass is 79.9. The fourth-order valence-corrected chi connectivity index (χ4v) is 3.20. The molecule has 0 aliphatic heterocycles. The molecule has 5 heteroatoms. The van der Waals surface area contributed by atoms with Crippen LogP contribution in [0.25, 0.3) is 21.1 Å². The summed E-state index contributed by atoms with van der Waals surface area (Å²) in [6.07, 6.45) is 1.85. The summed E-state index contributed by atoms with van der Waals surface area (Å²) in [7, 11) is 0. The number of benzene rings is 1. The smallest absolute Gasteiger partial charge is 0.124 e. The predicted octanol–water partition coefficient (Wildman–Crippen LogP) is 4.70. The maximum absolute atomic E-state index is 4.63. The predicted molar refractivity (Wildman–Crippen MR) is 76.4 cm³/mol. The molecule has 0 amide bonds. The summed E-state index contributed by atoms with van der Waals surface area (Å²) in [5.74, 6) is 0. The minimum Gasteiger partial charge on any atom is -0.252 e. The summed E-state index contributed by atoms with van der Waals surface area (Å²) >= 11 is 6.70. The van der Waals surface area contributed by atoms with Crippen LogP contribution in [0, 0.1) is 0 Å². The topological polar surface area (TPSA) is 25.8 Å². The standard InChI is InChI=1S/C12H7BrN2S2/c13-9-3-1-8(2-4-9)12-15-10(6-16-12)11-5-14-7-17-11/h1-7H. The molecule has 0 atom stereocenters. The van der Waals surface area contributed by atoms with Gasteiger partial charge in [-0.1, -0.05) is 28.1 Å². The molecule has 0 N–H and O–H groups in total. The Labute approximate surface area is 115 Å². The molecule has 0 radical (unpaired) electrons. The van der Waals surface area contributed by atoms with Gasteiger partial charge in [0.05, 0.1) is 16.1 Å². The lowest BCUT2D eigenvalue weighted by Gasteiger charge is -1.95. The van der Waals surface area contributed by atoms with Gasteiger partial charge in [-0.25, -0.2) is 4.98 Å². The molecule has 1 aromatic carbocycles. The lowest BCUT2D eigenvalue weighted by Crippen LogP contribution is -1.76. The second kappa shape index (κ2) is 4.68. The summed E-state index contributed by atoms with van der Waals surface area (Å²) < 4.78 is 1.08. The minimum atomic E-state index is 1.01. The van der Waals surface area contributed by atoms with Crippen molar-refractivity contribution in [1.82, 2.24) is 9.97 Å². The summed E-state index contributed by atoms with van der Waals surface area (Å²) in [6, 6.07) is 8.20. The molecule has 2 nitrogen and oxygen atoms in total. The van der Waals surface area contributed by atoms with Crippen LogP contribution in [0.15, 0.2) is 45.8 Å². The lowest BCUT2D eigenvalue weighted by atomic mass is 10.2. The normalized spacial score (nSPS) is 10.6. The average Bonchev–Trinajstić information content (AvgIpc) is 3.00. The van der Waals surface area contributed by atoms with Crippen LogP contribution >= 0.6 is 38.6 Å². The van der Waals surface area contributed by atoms with E-state index in [-0.39, 0.29) is 0 Å². The number of thiazole rings is 2. The first kappa shape index (κ1) is 11.1. The Balaban J connectivity index is 1.98. The van der Waals surface area contributed by atoms with E-state index in [0.29, 0.717) is 0 Å². The van der Waals surface area contributed by atoms with Gasteiger partial charge in [-0.05, 0) is 12.1 Å². The Morgan fingerprint density at radius 3 is 2.59 bits per heavy atom. The SMILES string of the molecule is Brc1ccc(-c2nc(-c3cncs3)cs2)cc1. The van der Waals surface area contributed by atoms with Crippen LogP contribution in [0.2, 0.25) is 0 Å². The van der Waals surface area contributed by atoms with Gasteiger partial charge in [-0.3, -0.25) is 4.98 Å². The average molecular weight is 323 g/mol. The number of hydrogen-bond donors (Lipinski definition) is 0. The van der Waals surface area contributed by atoms with E-state index in [1.54, 1.807) is 22.7 Å². The van der Waals surface area contributed by atoms with E-state index >= 15 is 0 Å². The van der Waals surface area contributed by atoms with Gasteiger partial charge in [-0.15, -0.1) is 22.7 Å². The minimum absolute atomic E-state index is 1.01. The van der Waals surface area contributed by atoms with Gasteiger partial charge in [-0.2, -0.15) is 0 Å². The Morgan fingerprint density at radius 1 is 1.06 bits per heavy atom. The lowest BCUT2D eigenvalue weighted by molar-refractivity contribution is 1.38. The highest BCUT2D eigenvalue weighted by Gasteiger charge is 2.07. The van der Waals surface area contributed by atoms with Crippen molar-refractivity contribution in [2.45, 2.75) is 0 Å². The molecule has 0 fully saturated rings. The van der Waals surface area contributed by atoms with Crippen LogP contribution in [0.1, 0.15) is 0 Å². The number of nitrogens with zero attached hydrogens (tertiary/aromatic N) is 2. The highest BCUT2D eigenvalue weighted by Crippen LogP contribution is 2.30. The molecule has 17 heavy (non-hydrogen) atoms. The van der Waals surface area contributed by atoms with Gasteiger partial charge in [0.2, 0.25) is 0 Å². The van der Waals surface area contributed by atoms with Crippen LogP contribution < -0.4 is 0 Å². The van der Waals surface area contributed by atoms with Crippen molar-refractivity contribution in [3.63, 3.8) is 0 Å². The maximum atomic E-state index is 4.63. The highest BCUT2D eigenvalue weighted by molar-refractivity contribution is 9.10. The van der Waals surface area contributed by atoms with Crippen molar-refractivity contribution >= 4 is 38.6 Å². The molecule has 0 spiro atoms. The van der Waals surface area contributed by atoms with Gasteiger partial charge in [0.15, 0.2) is 0 Å². The Morgan fingerprint density at radius 2 is 1.88 bits per heavy atom. The van der Waals surface area contributed by atoms with Crippen molar-refractivity contribution in [3.8, 4) is 21.1 Å². The van der Waals surface area contributed by atoms with Crippen molar-refractivity contribution in [2.24, 2.45) is 0 Å². The number of hydrogen-bond acceptors (Lipinski definition) is 4. The van der Waals surface area contributed by atoms with E-state index in [4.69, 9.17) is 0 Å². The summed E-state index contributed by atoms with van der Waals surface area (Å²) in [5, 5.41) is 3.12. The zero-order valence-corrected chi connectivity index (χ0v) is 11.8. The Bertz CT molecular complexity index is 614. The monoisotopic (exact) mass is 322 g/mol. The summed E-state index contributed by atoms with van der Waals surface area (Å²) in [5.41, 5.74) is 3.98. The summed E-state index contributed by atoms with van der Waals surface area (Å²) in [4.78, 5) is 9.81. The van der Waals surface area contributed by atoms with Gasteiger partial charge in [0, 0.05) is 21.6 Å². The van der Waals surface area contributed by atoms with Crippen molar-refractivity contribution in [3.05, 3.63) is 45.8 Å². The van der Waals surface area contributed by atoms with Crippen LogP contribution in [0.4, 0.5) is 0 Å². The second-order valence-corrected chi connectivity index (χ2v) is 6.07. The molecule has 3 aromatic rings. The van der Waals surface area contributed by atoms with Crippen LogP contribution in [0.5, 0.6) is 0 Å². The quantitative estimate of drug-likeness (QED) is 0.683. The molecule has 2 aromatic heterocycles. The third-order valence-electron chi connectivity index (χ3n) is 2.28. The van der Waals surface area contributed by atoms with Gasteiger partial charge in [0.25, 0.3) is 0 Å². The van der Waals surface area contributed by atoms with Gasteiger partial charge >= 0.3 is 0 Å². The van der Waals surface area contributed by atoms with E-state index in [1.807, 2.05) is 23.8 Å². The summed E-state index contributed by atoms with van der Waals surface area (Å²) in [6.45, 7) is 0. The fourth-order valence-electron chi connectivity index (χ4n) is 1.45. The molecule has 0 unspecified atom stereocenters. The van der Waals surface area contributed by atoms with E-state index in [9.17, 15) is 0 Å². The number of aromatic nitrogens is 2. The molecule has 0 aliphatic carbocycles. The Hall–Kier alpha value is -1.04. The van der Waals surface area contributed by atoms with E-state index in [1.165, 1.54) is 0 Å². The number of rotatable bonds is 2. The van der Waals surface area contributed by atoms with Gasteiger partial charge in [0.1, 0.15) is 5.01 Å². The molecule has 3 rings (SSSR count). The Kier molecular flexibility index (Phi) is 3.05. The molecular formula is C12H7BrN2S2. The van der Waals surface area contributed by atoms with E-state index < -0.39 is 0 Å². The molecule has 0 saturated carbocycles. The van der Waals surface area contributed by atoms with Crippen molar-refractivity contribution < 1.29 is 0 Å². The molecule has 84 valence electrons.